The van der Waals surface area contributed by atoms with Crippen molar-refractivity contribution in [2.24, 2.45) is 0 Å². The molecule has 0 saturated heterocycles. The first-order valence-electron chi connectivity index (χ1n) is 4.90. The highest BCUT2D eigenvalue weighted by atomic mass is 79.9. The normalized spacial score (nSPS) is 14.2. The van der Waals surface area contributed by atoms with Gasteiger partial charge in [-0.25, -0.2) is 0 Å². The Morgan fingerprint density at radius 1 is 0.938 bits per heavy atom. The van der Waals surface area contributed by atoms with Crippen molar-refractivity contribution >= 4 is 43.4 Å². The van der Waals surface area contributed by atoms with Gasteiger partial charge in [0.25, 0.3) is 0 Å². The molecule has 0 aliphatic heterocycles. The number of hydrogen-bond donors (Lipinski definition) is 0. The van der Waals surface area contributed by atoms with E-state index in [-0.39, 0.29) is 21.2 Å². The summed E-state index contributed by atoms with van der Waals surface area (Å²) in [6, 6.07) is 6.89. The van der Waals surface area contributed by atoms with E-state index in [0.29, 0.717) is 11.1 Å². The van der Waals surface area contributed by atoms with Crippen molar-refractivity contribution in [3.05, 3.63) is 35.4 Å². The van der Waals surface area contributed by atoms with Crippen molar-refractivity contribution in [2.75, 3.05) is 0 Å². The van der Waals surface area contributed by atoms with Crippen LogP contribution in [-0.4, -0.2) is 21.2 Å². The minimum absolute atomic E-state index is 0.0721. The first-order valence-corrected chi connectivity index (χ1v) is 6.74. The summed E-state index contributed by atoms with van der Waals surface area (Å²) in [5.74, 6) is -0.144. The van der Waals surface area contributed by atoms with E-state index in [9.17, 15) is 9.59 Å². The van der Waals surface area contributed by atoms with Crippen molar-refractivity contribution < 1.29 is 9.59 Å². The highest BCUT2D eigenvalue weighted by molar-refractivity contribution is 9.10. The third-order valence-corrected chi connectivity index (χ3v) is 3.01. The molecule has 0 N–H and O–H groups in total. The van der Waals surface area contributed by atoms with Gasteiger partial charge in [-0.15, -0.1) is 0 Å². The summed E-state index contributed by atoms with van der Waals surface area (Å²) in [6.07, 6.45) is 0. The molecule has 0 bridgehead atoms. The summed E-state index contributed by atoms with van der Waals surface area (Å²) in [5, 5.41) is 0. The number of rotatable bonds is 4. The Balaban J connectivity index is 3.20. The van der Waals surface area contributed by atoms with Gasteiger partial charge in [-0.05, 0) is 13.8 Å². The zero-order valence-corrected chi connectivity index (χ0v) is 12.2. The fourth-order valence-corrected chi connectivity index (χ4v) is 1.83. The monoisotopic (exact) mass is 346 g/mol. The van der Waals surface area contributed by atoms with Crippen LogP contribution in [0.3, 0.4) is 0 Å². The van der Waals surface area contributed by atoms with Crippen molar-refractivity contribution in [1.29, 1.82) is 0 Å². The molecule has 2 atom stereocenters. The Morgan fingerprint density at radius 2 is 1.25 bits per heavy atom. The SMILES string of the molecule is CC(Br)C(=O)c1ccccc1C(=O)C(C)Br. The molecule has 1 rings (SSSR count). The molecule has 86 valence electrons. The lowest BCUT2D eigenvalue weighted by Gasteiger charge is -2.10. The van der Waals surface area contributed by atoms with E-state index in [2.05, 4.69) is 31.9 Å². The highest BCUT2D eigenvalue weighted by Gasteiger charge is 2.21. The minimum atomic E-state index is -0.285. The van der Waals surface area contributed by atoms with E-state index in [1.807, 2.05) is 0 Å². The lowest BCUT2D eigenvalue weighted by molar-refractivity contribution is 0.0963. The maximum absolute atomic E-state index is 11.9. The third-order valence-electron chi connectivity index (χ3n) is 2.18. The van der Waals surface area contributed by atoms with Gasteiger partial charge in [0.05, 0.1) is 9.65 Å². The summed E-state index contributed by atoms with van der Waals surface area (Å²) < 4.78 is 0. The van der Waals surface area contributed by atoms with Gasteiger partial charge in [-0.3, -0.25) is 9.59 Å². The van der Waals surface area contributed by atoms with Crippen LogP contribution in [0.1, 0.15) is 34.6 Å². The lowest BCUT2D eigenvalue weighted by atomic mass is 9.98. The predicted octanol–water partition coefficient (Wildman–Crippen LogP) is 3.62. The molecular formula is C12H12Br2O2. The van der Waals surface area contributed by atoms with E-state index in [1.165, 1.54) is 0 Å². The number of Topliss-reactive ketones (excluding diaryl/α,β-unsaturated/α-hetero) is 2. The van der Waals surface area contributed by atoms with Crippen LogP contribution in [0.25, 0.3) is 0 Å². The molecule has 2 nitrogen and oxygen atoms in total. The van der Waals surface area contributed by atoms with Gasteiger partial charge in [0.1, 0.15) is 0 Å². The van der Waals surface area contributed by atoms with Gasteiger partial charge < -0.3 is 0 Å². The van der Waals surface area contributed by atoms with Crippen LogP contribution in [0.15, 0.2) is 24.3 Å². The van der Waals surface area contributed by atoms with Crippen LogP contribution in [0.5, 0.6) is 0 Å². The van der Waals surface area contributed by atoms with Crippen LogP contribution in [0.4, 0.5) is 0 Å². The molecule has 1 aromatic rings. The number of halogens is 2. The van der Waals surface area contributed by atoms with Gasteiger partial charge in [0.15, 0.2) is 11.6 Å². The summed E-state index contributed by atoms with van der Waals surface area (Å²) in [4.78, 5) is 23.2. The van der Waals surface area contributed by atoms with Crippen molar-refractivity contribution in [2.45, 2.75) is 23.5 Å². The second-order valence-electron chi connectivity index (χ2n) is 3.51. The highest BCUT2D eigenvalue weighted by Crippen LogP contribution is 2.18. The Labute approximate surface area is 112 Å². The maximum Gasteiger partial charge on any atom is 0.176 e. The second-order valence-corrected chi connectivity index (χ2v) is 6.25. The van der Waals surface area contributed by atoms with Crippen LogP contribution >= 0.6 is 31.9 Å². The van der Waals surface area contributed by atoms with E-state index < -0.39 is 0 Å². The van der Waals surface area contributed by atoms with Crippen molar-refractivity contribution in [3.63, 3.8) is 0 Å². The summed E-state index contributed by atoms with van der Waals surface area (Å²) in [5.41, 5.74) is 0.950. The molecule has 1 aromatic carbocycles. The predicted molar refractivity (Wildman–Crippen MR) is 71.9 cm³/mol. The Hall–Kier alpha value is -0.480. The number of carbonyl (C=O) groups excluding carboxylic acids is 2. The molecular weight excluding hydrogens is 336 g/mol. The van der Waals surface area contributed by atoms with Crippen LogP contribution in [0.2, 0.25) is 0 Å². The number of ketones is 2. The molecule has 0 aliphatic carbocycles. The Bertz CT molecular complexity index is 372. The molecule has 0 radical (unpaired) electrons. The fourth-order valence-electron chi connectivity index (χ4n) is 1.34. The fraction of sp³-hybridized carbons (Fsp3) is 0.333. The summed E-state index contributed by atoms with van der Waals surface area (Å²) >= 11 is 6.45. The van der Waals surface area contributed by atoms with Gasteiger partial charge in [-0.1, -0.05) is 56.1 Å². The third kappa shape index (κ3) is 3.01. The van der Waals surface area contributed by atoms with Crippen molar-refractivity contribution in [1.82, 2.24) is 0 Å². The molecule has 0 aliphatic rings. The van der Waals surface area contributed by atoms with E-state index in [0.717, 1.165) is 0 Å². The molecule has 0 fully saturated rings. The molecule has 16 heavy (non-hydrogen) atoms. The Morgan fingerprint density at radius 3 is 1.50 bits per heavy atom. The van der Waals surface area contributed by atoms with E-state index in [1.54, 1.807) is 38.1 Å². The quantitative estimate of drug-likeness (QED) is 0.615. The zero-order valence-electron chi connectivity index (χ0n) is 9.04. The average Bonchev–Trinajstić information content (AvgIpc) is 2.26. The van der Waals surface area contributed by atoms with Gasteiger partial charge in [0.2, 0.25) is 0 Å². The minimum Gasteiger partial charge on any atom is -0.293 e. The number of benzene rings is 1. The zero-order chi connectivity index (χ0) is 12.3. The molecule has 0 spiro atoms. The van der Waals surface area contributed by atoms with Crippen molar-refractivity contribution in [3.8, 4) is 0 Å². The molecule has 0 saturated carbocycles. The van der Waals surface area contributed by atoms with Crippen LogP contribution in [0, 0.1) is 0 Å². The summed E-state index contributed by atoms with van der Waals surface area (Å²) in [6.45, 7) is 3.50. The molecule has 0 aromatic heterocycles. The van der Waals surface area contributed by atoms with Crippen LogP contribution in [-0.2, 0) is 0 Å². The average molecular weight is 348 g/mol. The first kappa shape index (κ1) is 13.6. The first-order chi connectivity index (χ1) is 7.45. The molecule has 2 unspecified atom stereocenters. The topological polar surface area (TPSA) is 34.1 Å². The molecule has 4 heteroatoms. The largest absolute Gasteiger partial charge is 0.293 e. The summed E-state index contributed by atoms with van der Waals surface area (Å²) in [7, 11) is 0. The number of alkyl halides is 2. The second kappa shape index (κ2) is 5.73. The lowest BCUT2D eigenvalue weighted by Crippen LogP contribution is -2.18. The number of hydrogen-bond acceptors (Lipinski definition) is 2. The smallest absolute Gasteiger partial charge is 0.176 e. The van der Waals surface area contributed by atoms with Gasteiger partial charge in [0, 0.05) is 11.1 Å². The van der Waals surface area contributed by atoms with E-state index in [4.69, 9.17) is 0 Å². The standard InChI is InChI=1S/C12H12Br2O2/c1-7(13)11(15)9-5-3-4-6-10(9)12(16)8(2)14/h3-8H,1-2H3. The Kier molecular flexibility index (Phi) is 4.87. The molecule has 0 heterocycles. The van der Waals surface area contributed by atoms with Gasteiger partial charge >= 0.3 is 0 Å². The van der Waals surface area contributed by atoms with Crippen LogP contribution < -0.4 is 0 Å². The molecule has 0 amide bonds. The maximum atomic E-state index is 11.9. The van der Waals surface area contributed by atoms with Gasteiger partial charge in [-0.2, -0.15) is 0 Å². The number of carbonyl (C=O) groups is 2. The van der Waals surface area contributed by atoms with E-state index >= 15 is 0 Å².